The fourth-order valence-electron chi connectivity index (χ4n) is 3.55. The largest absolute Gasteiger partial charge is 0.493 e. The highest BCUT2D eigenvalue weighted by Gasteiger charge is 2.17. The van der Waals surface area contributed by atoms with E-state index >= 15 is 0 Å². The summed E-state index contributed by atoms with van der Waals surface area (Å²) in [6, 6.07) is 12.1. The van der Waals surface area contributed by atoms with E-state index < -0.39 is 0 Å². The Balaban J connectivity index is 2.41. The van der Waals surface area contributed by atoms with Crippen LogP contribution in [0.25, 0.3) is 0 Å². The van der Waals surface area contributed by atoms with Gasteiger partial charge < -0.3 is 9.47 Å². The normalized spacial score (nSPS) is 11.9. The molecule has 0 fully saturated rings. The van der Waals surface area contributed by atoms with Crippen LogP contribution < -0.4 is 9.47 Å². The Morgan fingerprint density at radius 1 is 0.931 bits per heavy atom. The number of rotatable bonds is 13. The Morgan fingerprint density at radius 2 is 1.69 bits per heavy atom. The van der Waals surface area contributed by atoms with E-state index in [9.17, 15) is 4.79 Å². The van der Waals surface area contributed by atoms with Crippen LogP contribution in [0.5, 0.6) is 11.5 Å². The molecule has 158 valence electrons. The third-order valence-electron chi connectivity index (χ3n) is 5.16. The van der Waals surface area contributed by atoms with Crippen LogP contribution in [0.3, 0.4) is 0 Å². The summed E-state index contributed by atoms with van der Waals surface area (Å²) in [6.07, 6.45) is 7.08. The third kappa shape index (κ3) is 6.62. The molecule has 0 spiro atoms. The quantitative estimate of drug-likeness (QED) is 0.343. The highest BCUT2D eigenvalue weighted by molar-refractivity contribution is 5.75. The molecule has 2 aromatic rings. The Labute approximate surface area is 176 Å². The van der Waals surface area contributed by atoms with Gasteiger partial charge in [0, 0.05) is 12.0 Å². The SMILES string of the molecule is CCCCC(C)c1cccc(Cc2cc(C=O)ccc2OCCC)c1OCCC. The highest BCUT2D eigenvalue weighted by atomic mass is 16.5. The molecule has 0 bridgehead atoms. The van der Waals surface area contributed by atoms with Gasteiger partial charge in [-0.15, -0.1) is 0 Å². The van der Waals surface area contributed by atoms with Crippen LogP contribution in [0.1, 0.15) is 92.8 Å². The maximum absolute atomic E-state index is 11.3. The molecule has 0 amide bonds. The van der Waals surface area contributed by atoms with E-state index in [-0.39, 0.29) is 0 Å². The van der Waals surface area contributed by atoms with Gasteiger partial charge >= 0.3 is 0 Å². The second-order valence-electron chi connectivity index (χ2n) is 7.74. The van der Waals surface area contributed by atoms with Gasteiger partial charge in [0.2, 0.25) is 0 Å². The second kappa shape index (κ2) is 12.3. The number of hydrogen-bond acceptors (Lipinski definition) is 3. The van der Waals surface area contributed by atoms with Gasteiger partial charge in [-0.3, -0.25) is 4.79 Å². The first kappa shape index (κ1) is 23.0. The van der Waals surface area contributed by atoms with Crippen LogP contribution in [0, 0.1) is 0 Å². The van der Waals surface area contributed by atoms with E-state index in [1.165, 1.54) is 18.4 Å². The number of unbranched alkanes of at least 4 members (excludes halogenated alkanes) is 1. The predicted molar refractivity (Wildman–Crippen MR) is 121 cm³/mol. The molecule has 1 unspecified atom stereocenters. The van der Waals surface area contributed by atoms with Crippen molar-refractivity contribution in [2.24, 2.45) is 0 Å². The molecule has 3 nitrogen and oxygen atoms in total. The van der Waals surface area contributed by atoms with E-state index in [1.54, 1.807) is 0 Å². The number of para-hydroxylation sites is 1. The van der Waals surface area contributed by atoms with Crippen molar-refractivity contribution < 1.29 is 14.3 Å². The van der Waals surface area contributed by atoms with Crippen molar-refractivity contribution in [2.75, 3.05) is 13.2 Å². The lowest BCUT2D eigenvalue weighted by Crippen LogP contribution is -2.07. The Hall–Kier alpha value is -2.29. The average molecular weight is 397 g/mol. The number of benzene rings is 2. The maximum atomic E-state index is 11.3. The number of carbonyl (C=O) groups excluding carboxylic acids is 1. The monoisotopic (exact) mass is 396 g/mol. The number of ether oxygens (including phenoxy) is 2. The van der Waals surface area contributed by atoms with Crippen LogP contribution in [-0.4, -0.2) is 19.5 Å². The summed E-state index contributed by atoms with van der Waals surface area (Å²) in [7, 11) is 0. The molecule has 0 aromatic heterocycles. The second-order valence-corrected chi connectivity index (χ2v) is 7.74. The Kier molecular flexibility index (Phi) is 9.76. The standard InChI is InChI=1S/C26H36O3/c1-5-8-10-20(4)24-12-9-11-22(26(24)29-16-7-3)18-23-17-21(19-27)13-14-25(23)28-15-6-2/h9,11-14,17,19-20H,5-8,10,15-16,18H2,1-4H3. The fraction of sp³-hybridized carbons (Fsp3) is 0.500. The summed E-state index contributed by atoms with van der Waals surface area (Å²) in [4.78, 5) is 11.3. The molecule has 0 aliphatic heterocycles. The van der Waals surface area contributed by atoms with Crippen molar-refractivity contribution in [1.82, 2.24) is 0 Å². The Morgan fingerprint density at radius 3 is 2.38 bits per heavy atom. The molecule has 2 aromatic carbocycles. The summed E-state index contributed by atoms with van der Waals surface area (Å²) in [6.45, 7) is 10.1. The molecule has 0 saturated heterocycles. The minimum absolute atomic E-state index is 0.457. The minimum Gasteiger partial charge on any atom is -0.493 e. The number of carbonyl (C=O) groups is 1. The smallest absolute Gasteiger partial charge is 0.150 e. The van der Waals surface area contributed by atoms with E-state index in [2.05, 4.69) is 45.9 Å². The predicted octanol–water partition coefficient (Wildman–Crippen LogP) is 6.96. The molecule has 2 rings (SSSR count). The van der Waals surface area contributed by atoms with Crippen molar-refractivity contribution >= 4 is 6.29 Å². The van der Waals surface area contributed by atoms with Gasteiger partial charge in [-0.2, -0.15) is 0 Å². The Bertz CT molecular complexity index is 767. The molecule has 29 heavy (non-hydrogen) atoms. The van der Waals surface area contributed by atoms with E-state index in [4.69, 9.17) is 9.47 Å². The molecular weight excluding hydrogens is 360 g/mol. The van der Waals surface area contributed by atoms with E-state index in [1.807, 2.05) is 18.2 Å². The summed E-state index contributed by atoms with van der Waals surface area (Å²) in [5.41, 5.74) is 4.14. The topological polar surface area (TPSA) is 35.5 Å². The lowest BCUT2D eigenvalue weighted by Gasteiger charge is -2.21. The molecule has 0 aliphatic carbocycles. The zero-order valence-corrected chi connectivity index (χ0v) is 18.5. The van der Waals surface area contributed by atoms with E-state index in [0.29, 0.717) is 31.1 Å². The minimum atomic E-state index is 0.457. The van der Waals surface area contributed by atoms with Crippen LogP contribution >= 0.6 is 0 Å². The fourth-order valence-corrected chi connectivity index (χ4v) is 3.55. The van der Waals surface area contributed by atoms with Gasteiger partial charge in [0.05, 0.1) is 13.2 Å². The summed E-state index contributed by atoms with van der Waals surface area (Å²) in [5, 5.41) is 0. The van der Waals surface area contributed by atoms with Crippen molar-refractivity contribution in [2.45, 2.75) is 72.1 Å². The van der Waals surface area contributed by atoms with Crippen molar-refractivity contribution in [1.29, 1.82) is 0 Å². The molecule has 0 N–H and O–H groups in total. The van der Waals surface area contributed by atoms with Gasteiger partial charge in [0.15, 0.2) is 0 Å². The lowest BCUT2D eigenvalue weighted by atomic mass is 9.91. The van der Waals surface area contributed by atoms with Crippen LogP contribution in [-0.2, 0) is 6.42 Å². The van der Waals surface area contributed by atoms with E-state index in [0.717, 1.165) is 48.2 Å². The first-order valence-electron chi connectivity index (χ1n) is 11.1. The molecule has 0 radical (unpaired) electrons. The lowest BCUT2D eigenvalue weighted by molar-refractivity contribution is 0.112. The van der Waals surface area contributed by atoms with Crippen molar-refractivity contribution in [3.05, 3.63) is 58.7 Å². The number of hydrogen-bond donors (Lipinski definition) is 0. The zero-order chi connectivity index (χ0) is 21.1. The molecule has 0 saturated carbocycles. The van der Waals surface area contributed by atoms with Crippen LogP contribution in [0.15, 0.2) is 36.4 Å². The molecule has 3 heteroatoms. The first-order valence-corrected chi connectivity index (χ1v) is 11.1. The zero-order valence-electron chi connectivity index (χ0n) is 18.5. The van der Waals surface area contributed by atoms with Gasteiger partial charge in [-0.25, -0.2) is 0 Å². The molecule has 1 atom stereocenters. The average Bonchev–Trinajstić information content (AvgIpc) is 2.75. The van der Waals surface area contributed by atoms with Gasteiger partial charge in [0.25, 0.3) is 0 Å². The maximum Gasteiger partial charge on any atom is 0.150 e. The third-order valence-corrected chi connectivity index (χ3v) is 5.16. The summed E-state index contributed by atoms with van der Waals surface area (Å²) < 4.78 is 12.2. The summed E-state index contributed by atoms with van der Waals surface area (Å²) in [5.74, 6) is 2.32. The van der Waals surface area contributed by atoms with Crippen molar-refractivity contribution in [3.63, 3.8) is 0 Å². The summed E-state index contributed by atoms with van der Waals surface area (Å²) >= 11 is 0. The number of aldehydes is 1. The molecule has 0 heterocycles. The van der Waals surface area contributed by atoms with Gasteiger partial charge in [0.1, 0.15) is 17.8 Å². The highest BCUT2D eigenvalue weighted by Crippen LogP contribution is 2.35. The van der Waals surface area contributed by atoms with Gasteiger partial charge in [-0.1, -0.05) is 58.7 Å². The van der Waals surface area contributed by atoms with Crippen LogP contribution in [0.2, 0.25) is 0 Å². The first-order chi connectivity index (χ1) is 14.1. The van der Waals surface area contributed by atoms with Crippen molar-refractivity contribution in [3.8, 4) is 11.5 Å². The van der Waals surface area contributed by atoms with Gasteiger partial charge in [-0.05, 0) is 60.1 Å². The molecule has 0 aliphatic rings. The molecular formula is C26H36O3. The van der Waals surface area contributed by atoms with Crippen LogP contribution in [0.4, 0.5) is 0 Å².